The van der Waals surface area contributed by atoms with Crippen molar-refractivity contribution >= 4 is 17.4 Å². The van der Waals surface area contributed by atoms with Gasteiger partial charge in [-0.1, -0.05) is 0 Å². The number of carbonyl (C=O) groups excluding carboxylic acids is 1. The van der Waals surface area contributed by atoms with Crippen LogP contribution in [-0.4, -0.2) is 19.1 Å². The topological polar surface area (TPSA) is 58.4 Å². The van der Waals surface area contributed by atoms with Gasteiger partial charge in [0.25, 0.3) is 0 Å². The molecule has 2 amide bonds. The van der Waals surface area contributed by atoms with Crippen molar-refractivity contribution in [2.24, 2.45) is 0 Å². The lowest BCUT2D eigenvalue weighted by atomic mass is 10.0. The Labute approximate surface area is 95.4 Å². The van der Waals surface area contributed by atoms with E-state index in [4.69, 9.17) is 5.73 Å². The molecule has 0 bridgehead atoms. The first-order chi connectivity index (χ1) is 7.72. The number of nitrogens with zero attached hydrogens (tertiary/aromatic N) is 1. The van der Waals surface area contributed by atoms with Gasteiger partial charge in [-0.2, -0.15) is 0 Å². The van der Waals surface area contributed by atoms with Gasteiger partial charge in [-0.05, 0) is 43.5 Å². The lowest BCUT2D eigenvalue weighted by molar-refractivity contribution is 0.246. The number of anilines is 2. The average molecular weight is 219 g/mol. The standard InChI is InChI=1S/C12H17N3O/c1-2-14-12(16)15-7-3-4-9-8-10(13)5-6-11(9)15/h5-6,8H,2-4,7,13H2,1H3,(H,14,16). The van der Waals surface area contributed by atoms with Gasteiger partial charge in [-0.15, -0.1) is 0 Å². The maximum atomic E-state index is 11.8. The van der Waals surface area contributed by atoms with Crippen LogP contribution in [0.25, 0.3) is 0 Å². The third-order valence-electron chi connectivity index (χ3n) is 2.80. The summed E-state index contributed by atoms with van der Waals surface area (Å²) in [5.74, 6) is 0. The SMILES string of the molecule is CCNC(=O)N1CCCc2cc(N)ccc21. The Kier molecular flexibility index (Phi) is 2.99. The highest BCUT2D eigenvalue weighted by atomic mass is 16.2. The summed E-state index contributed by atoms with van der Waals surface area (Å²) in [7, 11) is 0. The number of amides is 2. The minimum Gasteiger partial charge on any atom is -0.399 e. The molecule has 2 rings (SSSR count). The molecule has 0 fully saturated rings. The van der Waals surface area contributed by atoms with Gasteiger partial charge >= 0.3 is 6.03 Å². The van der Waals surface area contributed by atoms with E-state index in [1.165, 1.54) is 0 Å². The molecule has 0 saturated heterocycles. The second-order valence-corrected chi connectivity index (χ2v) is 3.98. The molecule has 1 aliphatic heterocycles. The largest absolute Gasteiger partial charge is 0.399 e. The molecule has 1 aromatic rings. The predicted molar refractivity (Wildman–Crippen MR) is 65.6 cm³/mol. The Bertz CT molecular complexity index is 403. The highest BCUT2D eigenvalue weighted by Gasteiger charge is 2.21. The lowest BCUT2D eigenvalue weighted by Crippen LogP contribution is -2.42. The minimum atomic E-state index is -0.0202. The van der Waals surface area contributed by atoms with Crippen LogP contribution in [0.2, 0.25) is 0 Å². The minimum absolute atomic E-state index is 0.0202. The zero-order valence-electron chi connectivity index (χ0n) is 9.49. The number of benzene rings is 1. The van der Waals surface area contributed by atoms with Gasteiger partial charge in [0, 0.05) is 24.5 Å². The van der Waals surface area contributed by atoms with Gasteiger partial charge in [-0.3, -0.25) is 4.90 Å². The summed E-state index contributed by atoms with van der Waals surface area (Å²) in [5, 5.41) is 2.83. The van der Waals surface area contributed by atoms with Crippen molar-refractivity contribution in [3.63, 3.8) is 0 Å². The van der Waals surface area contributed by atoms with Crippen LogP contribution in [0.4, 0.5) is 16.2 Å². The second-order valence-electron chi connectivity index (χ2n) is 3.98. The quantitative estimate of drug-likeness (QED) is 0.707. The summed E-state index contributed by atoms with van der Waals surface area (Å²) in [6, 6.07) is 5.71. The lowest BCUT2D eigenvalue weighted by Gasteiger charge is -2.29. The van der Waals surface area contributed by atoms with Gasteiger partial charge in [0.1, 0.15) is 0 Å². The summed E-state index contributed by atoms with van der Waals surface area (Å²) in [6.45, 7) is 3.36. The van der Waals surface area contributed by atoms with E-state index in [1.807, 2.05) is 25.1 Å². The normalized spacial score (nSPS) is 14.4. The molecule has 0 unspecified atom stereocenters. The molecule has 86 valence electrons. The first-order valence-corrected chi connectivity index (χ1v) is 5.66. The number of urea groups is 1. The fourth-order valence-electron chi connectivity index (χ4n) is 2.07. The Morgan fingerprint density at radius 2 is 2.38 bits per heavy atom. The molecular weight excluding hydrogens is 202 g/mol. The van der Waals surface area contributed by atoms with Crippen molar-refractivity contribution in [3.05, 3.63) is 23.8 Å². The fraction of sp³-hybridized carbons (Fsp3) is 0.417. The Hall–Kier alpha value is -1.71. The fourth-order valence-corrected chi connectivity index (χ4v) is 2.07. The van der Waals surface area contributed by atoms with E-state index in [0.717, 1.165) is 36.3 Å². The number of nitrogens with one attached hydrogen (secondary N) is 1. The highest BCUT2D eigenvalue weighted by molar-refractivity contribution is 5.93. The van der Waals surface area contributed by atoms with Gasteiger partial charge in [0.15, 0.2) is 0 Å². The number of aryl methyl sites for hydroxylation is 1. The monoisotopic (exact) mass is 219 g/mol. The van der Waals surface area contributed by atoms with E-state index in [9.17, 15) is 4.79 Å². The van der Waals surface area contributed by atoms with Crippen LogP contribution in [0.1, 0.15) is 18.9 Å². The van der Waals surface area contributed by atoms with Gasteiger partial charge in [0.05, 0.1) is 0 Å². The van der Waals surface area contributed by atoms with E-state index in [1.54, 1.807) is 4.90 Å². The van der Waals surface area contributed by atoms with Crippen molar-refractivity contribution in [2.75, 3.05) is 23.7 Å². The van der Waals surface area contributed by atoms with E-state index in [2.05, 4.69) is 5.32 Å². The molecule has 0 atom stereocenters. The van der Waals surface area contributed by atoms with Crippen LogP contribution in [0.5, 0.6) is 0 Å². The summed E-state index contributed by atoms with van der Waals surface area (Å²) in [4.78, 5) is 13.6. The molecule has 1 aliphatic rings. The molecule has 4 nitrogen and oxygen atoms in total. The van der Waals surface area contributed by atoms with Crippen molar-refractivity contribution < 1.29 is 4.79 Å². The number of hydrogen-bond donors (Lipinski definition) is 2. The number of hydrogen-bond acceptors (Lipinski definition) is 2. The average Bonchev–Trinajstić information content (AvgIpc) is 2.28. The van der Waals surface area contributed by atoms with Gasteiger partial charge < -0.3 is 11.1 Å². The molecule has 1 heterocycles. The van der Waals surface area contributed by atoms with Crippen LogP contribution in [-0.2, 0) is 6.42 Å². The molecule has 0 spiro atoms. The van der Waals surface area contributed by atoms with E-state index >= 15 is 0 Å². The molecular formula is C12H17N3O. The Balaban J connectivity index is 2.29. The Morgan fingerprint density at radius 3 is 3.12 bits per heavy atom. The molecule has 16 heavy (non-hydrogen) atoms. The zero-order chi connectivity index (χ0) is 11.5. The van der Waals surface area contributed by atoms with Crippen molar-refractivity contribution in [1.82, 2.24) is 5.32 Å². The summed E-state index contributed by atoms with van der Waals surface area (Å²) in [6.07, 6.45) is 1.99. The van der Waals surface area contributed by atoms with Crippen LogP contribution in [0.3, 0.4) is 0 Å². The molecule has 0 saturated carbocycles. The molecule has 0 aromatic heterocycles. The first-order valence-electron chi connectivity index (χ1n) is 5.66. The number of rotatable bonds is 1. The number of carbonyl (C=O) groups is 1. The van der Waals surface area contributed by atoms with Crippen molar-refractivity contribution in [2.45, 2.75) is 19.8 Å². The zero-order valence-corrected chi connectivity index (χ0v) is 9.49. The smallest absolute Gasteiger partial charge is 0.321 e. The van der Waals surface area contributed by atoms with E-state index in [0.29, 0.717) is 6.54 Å². The molecule has 0 aliphatic carbocycles. The highest BCUT2D eigenvalue weighted by Crippen LogP contribution is 2.28. The van der Waals surface area contributed by atoms with Crippen LogP contribution in [0.15, 0.2) is 18.2 Å². The van der Waals surface area contributed by atoms with Crippen LogP contribution in [0, 0.1) is 0 Å². The third-order valence-corrected chi connectivity index (χ3v) is 2.80. The maximum Gasteiger partial charge on any atom is 0.321 e. The molecule has 3 N–H and O–H groups in total. The molecule has 0 radical (unpaired) electrons. The van der Waals surface area contributed by atoms with Crippen molar-refractivity contribution in [3.8, 4) is 0 Å². The summed E-state index contributed by atoms with van der Waals surface area (Å²) in [5.41, 5.74) is 8.66. The van der Waals surface area contributed by atoms with E-state index in [-0.39, 0.29) is 6.03 Å². The Morgan fingerprint density at radius 1 is 1.56 bits per heavy atom. The summed E-state index contributed by atoms with van der Waals surface area (Å²) >= 11 is 0. The second kappa shape index (κ2) is 4.43. The predicted octanol–water partition coefficient (Wildman–Crippen LogP) is 1.75. The summed E-state index contributed by atoms with van der Waals surface area (Å²) < 4.78 is 0. The van der Waals surface area contributed by atoms with E-state index < -0.39 is 0 Å². The maximum absolute atomic E-state index is 11.8. The van der Waals surface area contributed by atoms with Crippen molar-refractivity contribution in [1.29, 1.82) is 0 Å². The van der Waals surface area contributed by atoms with Gasteiger partial charge in [0.2, 0.25) is 0 Å². The third kappa shape index (κ3) is 1.96. The number of nitrogens with two attached hydrogens (primary N) is 1. The number of nitrogen functional groups attached to an aromatic ring is 1. The van der Waals surface area contributed by atoms with Gasteiger partial charge in [-0.25, -0.2) is 4.79 Å². The van der Waals surface area contributed by atoms with Crippen LogP contribution >= 0.6 is 0 Å². The van der Waals surface area contributed by atoms with Crippen LogP contribution < -0.4 is 16.0 Å². The molecule has 4 heteroatoms. The first kappa shape index (κ1) is 10.8. The molecule has 1 aromatic carbocycles. The number of fused-ring (bicyclic) bond motifs is 1.